The molecular formula is C13H14N2O3S. The molecule has 0 amide bonds. The maximum Gasteiger partial charge on any atom is 0.199 e. The van der Waals surface area contributed by atoms with Crippen LogP contribution in [-0.4, -0.2) is 35.5 Å². The van der Waals surface area contributed by atoms with Gasteiger partial charge in [0, 0.05) is 6.26 Å². The standard InChI is InChI=1S/C13H14N2O3S/c1-10(19(2,17)18)13(16)12-8-9-14-15(12)11-6-4-3-5-7-11/h3-10H,1-2H3. The Morgan fingerprint density at radius 2 is 1.84 bits per heavy atom. The number of Topliss-reactive ketones (excluding diaryl/α,β-unsaturated/α-hetero) is 1. The van der Waals surface area contributed by atoms with Gasteiger partial charge in [-0.05, 0) is 25.1 Å². The Bertz CT molecular complexity index is 690. The van der Waals surface area contributed by atoms with Gasteiger partial charge in [-0.25, -0.2) is 13.1 Å². The van der Waals surface area contributed by atoms with Gasteiger partial charge >= 0.3 is 0 Å². The van der Waals surface area contributed by atoms with Gasteiger partial charge in [0.15, 0.2) is 15.6 Å². The molecule has 1 heterocycles. The Morgan fingerprint density at radius 1 is 1.21 bits per heavy atom. The molecule has 19 heavy (non-hydrogen) atoms. The van der Waals surface area contributed by atoms with Crippen LogP contribution in [-0.2, 0) is 9.84 Å². The highest BCUT2D eigenvalue weighted by Gasteiger charge is 2.27. The van der Waals surface area contributed by atoms with Crippen molar-refractivity contribution in [1.29, 1.82) is 0 Å². The highest BCUT2D eigenvalue weighted by Crippen LogP contribution is 2.14. The summed E-state index contributed by atoms with van der Waals surface area (Å²) in [6.45, 7) is 1.39. The third-order valence-electron chi connectivity index (χ3n) is 2.91. The molecule has 5 nitrogen and oxygen atoms in total. The number of carbonyl (C=O) groups is 1. The number of sulfone groups is 1. The fraction of sp³-hybridized carbons (Fsp3) is 0.231. The fourth-order valence-corrected chi connectivity index (χ4v) is 2.18. The zero-order valence-electron chi connectivity index (χ0n) is 10.6. The van der Waals surface area contributed by atoms with Gasteiger partial charge in [0.1, 0.15) is 10.9 Å². The van der Waals surface area contributed by atoms with Crippen LogP contribution >= 0.6 is 0 Å². The van der Waals surface area contributed by atoms with Crippen LogP contribution < -0.4 is 0 Å². The van der Waals surface area contributed by atoms with Crippen LogP contribution in [0.2, 0.25) is 0 Å². The average molecular weight is 278 g/mol. The van der Waals surface area contributed by atoms with E-state index in [1.54, 1.807) is 12.1 Å². The highest BCUT2D eigenvalue weighted by atomic mass is 32.2. The monoisotopic (exact) mass is 278 g/mol. The first-order valence-corrected chi connectivity index (χ1v) is 7.69. The van der Waals surface area contributed by atoms with E-state index in [1.165, 1.54) is 23.9 Å². The second-order valence-corrected chi connectivity index (χ2v) is 6.67. The van der Waals surface area contributed by atoms with Crippen LogP contribution in [0.4, 0.5) is 0 Å². The number of aromatic nitrogens is 2. The first-order chi connectivity index (χ1) is 8.91. The van der Waals surface area contributed by atoms with Gasteiger partial charge in [-0.2, -0.15) is 5.10 Å². The van der Waals surface area contributed by atoms with Crippen molar-refractivity contribution >= 4 is 15.6 Å². The summed E-state index contributed by atoms with van der Waals surface area (Å²) in [6, 6.07) is 10.6. The zero-order valence-corrected chi connectivity index (χ0v) is 11.5. The average Bonchev–Trinajstić information content (AvgIpc) is 2.86. The molecule has 1 unspecified atom stereocenters. The Hall–Kier alpha value is -1.95. The number of para-hydroxylation sites is 1. The number of benzene rings is 1. The molecule has 1 aromatic carbocycles. The molecule has 0 spiro atoms. The van der Waals surface area contributed by atoms with E-state index in [-0.39, 0.29) is 5.69 Å². The molecule has 6 heteroatoms. The largest absolute Gasteiger partial charge is 0.291 e. The molecule has 1 aromatic heterocycles. The lowest BCUT2D eigenvalue weighted by Crippen LogP contribution is -2.28. The van der Waals surface area contributed by atoms with Gasteiger partial charge in [-0.1, -0.05) is 18.2 Å². The molecule has 0 aliphatic carbocycles. The Morgan fingerprint density at radius 3 is 2.42 bits per heavy atom. The van der Waals surface area contributed by atoms with Crippen LogP contribution in [0.25, 0.3) is 5.69 Å². The number of carbonyl (C=O) groups excluding carboxylic acids is 1. The number of ketones is 1. The molecule has 0 aliphatic heterocycles. The van der Waals surface area contributed by atoms with Gasteiger partial charge in [-0.15, -0.1) is 0 Å². The van der Waals surface area contributed by atoms with E-state index in [2.05, 4.69) is 5.10 Å². The van der Waals surface area contributed by atoms with Crippen LogP contribution in [0.5, 0.6) is 0 Å². The lowest BCUT2D eigenvalue weighted by Gasteiger charge is -2.10. The van der Waals surface area contributed by atoms with Crippen molar-refractivity contribution in [3.05, 3.63) is 48.3 Å². The van der Waals surface area contributed by atoms with E-state index in [0.717, 1.165) is 11.9 Å². The van der Waals surface area contributed by atoms with E-state index in [9.17, 15) is 13.2 Å². The quantitative estimate of drug-likeness (QED) is 0.794. The zero-order chi connectivity index (χ0) is 14.0. The topological polar surface area (TPSA) is 69.0 Å². The summed E-state index contributed by atoms with van der Waals surface area (Å²) >= 11 is 0. The Kier molecular flexibility index (Phi) is 3.53. The van der Waals surface area contributed by atoms with Crippen molar-refractivity contribution in [2.75, 3.05) is 6.26 Å². The lowest BCUT2D eigenvalue weighted by atomic mass is 10.2. The van der Waals surface area contributed by atoms with Crippen molar-refractivity contribution < 1.29 is 13.2 Å². The minimum atomic E-state index is -3.42. The van der Waals surface area contributed by atoms with E-state index in [4.69, 9.17) is 0 Å². The molecule has 0 bridgehead atoms. The van der Waals surface area contributed by atoms with Crippen LogP contribution in [0.1, 0.15) is 17.4 Å². The first kappa shape index (κ1) is 13.5. The summed E-state index contributed by atoms with van der Waals surface area (Å²) in [6.07, 6.45) is 2.54. The van der Waals surface area contributed by atoms with Crippen molar-refractivity contribution in [2.24, 2.45) is 0 Å². The van der Waals surface area contributed by atoms with Crippen molar-refractivity contribution in [3.8, 4) is 5.69 Å². The molecule has 2 aromatic rings. The first-order valence-electron chi connectivity index (χ1n) is 5.74. The molecular weight excluding hydrogens is 264 g/mol. The van der Waals surface area contributed by atoms with E-state index in [0.29, 0.717) is 0 Å². The van der Waals surface area contributed by atoms with Crippen molar-refractivity contribution in [3.63, 3.8) is 0 Å². The van der Waals surface area contributed by atoms with Gasteiger partial charge in [0.05, 0.1) is 11.9 Å². The van der Waals surface area contributed by atoms with Gasteiger partial charge in [0.25, 0.3) is 0 Å². The van der Waals surface area contributed by atoms with E-state index < -0.39 is 20.9 Å². The second-order valence-electron chi connectivity index (χ2n) is 4.30. The van der Waals surface area contributed by atoms with E-state index >= 15 is 0 Å². The highest BCUT2D eigenvalue weighted by molar-refractivity contribution is 7.92. The summed E-state index contributed by atoms with van der Waals surface area (Å²) in [5.41, 5.74) is 0.987. The number of nitrogens with zero attached hydrogens (tertiary/aromatic N) is 2. The molecule has 0 aliphatic rings. The second kappa shape index (κ2) is 4.97. The molecule has 2 rings (SSSR count). The molecule has 0 N–H and O–H groups in total. The third kappa shape index (κ3) is 2.73. The molecule has 0 radical (unpaired) electrons. The van der Waals surface area contributed by atoms with Crippen LogP contribution in [0, 0.1) is 0 Å². The minimum Gasteiger partial charge on any atom is -0.291 e. The fourth-order valence-electron chi connectivity index (χ4n) is 1.67. The summed E-state index contributed by atoms with van der Waals surface area (Å²) in [7, 11) is -3.42. The molecule has 0 fully saturated rings. The van der Waals surface area contributed by atoms with Gasteiger partial charge < -0.3 is 0 Å². The lowest BCUT2D eigenvalue weighted by molar-refractivity contribution is 0.0984. The third-order valence-corrected chi connectivity index (χ3v) is 4.41. The van der Waals surface area contributed by atoms with Gasteiger partial charge in [0.2, 0.25) is 0 Å². The normalized spacial score (nSPS) is 13.2. The summed E-state index contributed by atoms with van der Waals surface area (Å²) in [5.74, 6) is -0.455. The number of hydrogen-bond acceptors (Lipinski definition) is 4. The molecule has 100 valence electrons. The predicted octanol–water partition coefficient (Wildman–Crippen LogP) is 1.49. The van der Waals surface area contributed by atoms with Crippen molar-refractivity contribution in [1.82, 2.24) is 9.78 Å². The maximum absolute atomic E-state index is 12.2. The smallest absolute Gasteiger partial charge is 0.199 e. The summed E-state index contributed by atoms with van der Waals surface area (Å²) < 4.78 is 24.4. The van der Waals surface area contributed by atoms with Gasteiger partial charge in [-0.3, -0.25) is 4.79 Å². The molecule has 0 saturated carbocycles. The Labute approximate surface area is 111 Å². The van der Waals surface area contributed by atoms with Crippen LogP contribution in [0.15, 0.2) is 42.6 Å². The molecule has 0 saturated heterocycles. The number of rotatable bonds is 4. The molecule has 1 atom stereocenters. The Balaban J connectivity index is 2.44. The SMILES string of the molecule is CC(C(=O)c1ccnn1-c1ccccc1)S(C)(=O)=O. The van der Waals surface area contributed by atoms with E-state index in [1.807, 2.05) is 18.2 Å². The predicted molar refractivity (Wildman–Crippen MR) is 72.2 cm³/mol. The van der Waals surface area contributed by atoms with Crippen molar-refractivity contribution in [2.45, 2.75) is 12.2 Å². The summed E-state index contributed by atoms with van der Waals surface area (Å²) in [4.78, 5) is 12.2. The van der Waals surface area contributed by atoms with Crippen LogP contribution in [0.3, 0.4) is 0 Å². The minimum absolute atomic E-state index is 0.268. The summed E-state index contributed by atoms with van der Waals surface area (Å²) in [5, 5.41) is 3.00. The number of hydrogen-bond donors (Lipinski definition) is 0. The maximum atomic E-state index is 12.2.